The van der Waals surface area contributed by atoms with E-state index in [1.54, 1.807) is 6.92 Å². The highest BCUT2D eigenvalue weighted by Gasteiger charge is 2.30. The molecule has 0 spiro atoms. The number of esters is 1. The Kier molecular flexibility index (Phi) is 6.27. The molecule has 114 valence electrons. The monoisotopic (exact) mass is 286 g/mol. The largest absolute Gasteiger partial charge is 0.471 e. The van der Waals surface area contributed by atoms with Gasteiger partial charge in [-0.25, -0.2) is 9.79 Å². The van der Waals surface area contributed by atoms with Crippen molar-refractivity contribution in [2.45, 2.75) is 39.8 Å². The van der Waals surface area contributed by atoms with Gasteiger partial charge in [0, 0.05) is 6.92 Å². The average Bonchev–Trinajstić information content (AvgIpc) is 2.82. The van der Waals surface area contributed by atoms with Crippen LogP contribution in [-0.2, 0) is 19.0 Å². The Morgan fingerprint density at radius 1 is 1.45 bits per heavy atom. The van der Waals surface area contributed by atoms with Gasteiger partial charge in [0.1, 0.15) is 12.6 Å². The minimum Gasteiger partial charge on any atom is -0.471 e. The van der Waals surface area contributed by atoms with Crippen LogP contribution in [0, 0.1) is 5.92 Å². The third kappa shape index (κ3) is 5.07. The maximum atomic E-state index is 11.5. The lowest BCUT2D eigenvalue weighted by molar-refractivity contribution is -0.143. The van der Waals surface area contributed by atoms with Crippen LogP contribution < -0.4 is 5.32 Å². The van der Waals surface area contributed by atoms with Crippen LogP contribution >= 0.6 is 0 Å². The van der Waals surface area contributed by atoms with Crippen LogP contribution in [0.25, 0.3) is 0 Å². The zero-order valence-electron chi connectivity index (χ0n) is 12.3. The highest BCUT2D eigenvalue weighted by atomic mass is 16.6. The van der Waals surface area contributed by atoms with Gasteiger partial charge >= 0.3 is 12.1 Å². The lowest BCUT2D eigenvalue weighted by Gasteiger charge is -2.22. The first kappa shape index (κ1) is 16.3. The number of aliphatic imine (C=N–C) groups is 1. The number of ether oxygens (including phenoxy) is 3. The molecule has 1 heterocycles. The fourth-order valence-electron chi connectivity index (χ4n) is 1.72. The molecule has 1 amide bonds. The number of rotatable bonds is 6. The summed E-state index contributed by atoms with van der Waals surface area (Å²) in [5.41, 5.74) is 0. The first-order valence-corrected chi connectivity index (χ1v) is 6.71. The summed E-state index contributed by atoms with van der Waals surface area (Å²) in [7, 11) is 0. The highest BCUT2D eigenvalue weighted by Crippen LogP contribution is 2.14. The Labute approximate surface area is 118 Å². The molecule has 0 bridgehead atoms. The number of carbonyl (C=O) groups excluding carboxylic acids is 2. The molecule has 7 heteroatoms. The molecule has 2 atom stereocenters. The van der Waals surface area contributed by atoms with Crippen molar-refractivity contribution < 1.29 is 23.8 Å². The molecule has 1 N–H and O–H groups in total. The molecule has 1 aliphatic heterocycles. The number of amides is 1. The van der Waals surface area contributed by atoms with Crippen LogP contribution in [0.5, 0.6) is 0 Å². The summed E-state index contributed by atoms with van der Waals surface area (Å²) in [5.74, 6) is 0.197. The molecule has 1 rings (SSSR count). The van der Waals surface area contributed by atoms with Gasteiger partial charge in [-0.3, -0.25) is 4.79 Å². The molecule has 0 fully saturated rings. The molecular weight excluding hydrogens is 264 g/mol. The highest BCUT2D eigenvalue weighted by molar-refractivity contribution is 5.87. The Bertz CT molecular complexity index is 381. The van der Waals surface area contributed by atoms with Crippen LogP contribution in [-0.4, -0.2) is 49.9 Å². The standard InChI is InChI=1S/C13H22N2O5/c1-5-18-13(17)15-11(8(2)3)12-14-6-10(20-12)7-19-9(4)16/h8,10-11H,5-7H2,1-4H3,(H,15,17)/t10?,11-/m0/s1. The van der Waals surface area contributed by atoms with Gasteiger partial charge in [-0.15, -0.1) is 0 Å². The number of nitrogens with one attached hydrogen (secondary N) is 1. The van der Waals surface area contributed by atoms with Gasteiger partial charge in [-0.2, -0.15) is 0 Å². The summed E-state index contributed by atoms with van der Waals surface area (Å²) < 4.78 is 15.4. The van der Waals surface area contributed by atoms with E-state index >= 15 is 0 Å². The summed E-state index contributed by atoms with van der Waals surface area (Å²) in [5, 5.41) is 2.72. The number of alkyl carbamates (subject to hydrolysis) is 1. The van der Waals surface area contributed by atoms with Crippen LogP contribution in [0.4, 0.5) is 4.79 Å². The van der Waals surface area contributed by atoms with E-state index in [1.807, 2.05) is 13.8 Å². The second kappa shape index (κ2) is 7.72. The van der Waals surface area contributed by atoms with Crippen LogP contribution in [0.3, 0.4) is 0 Å². The Morgan fingerprint density at radius 2 is 2.15 bits per heavy atom. The topological polar surface area (TPSA) is 86.2 Å². The molecule has 0 saturated carbocycles. The van der Waals surface area contributed by atoms with Crippen LogP contribution in [0.15, 0.2) is 4.99 Å². The van der Waals surface area contributed by atoms with Gasteiger partial charge in [0.25, 0.3) is 0 Å². The number of hydrogen-bond acceptors (Lipinski definition) is 6. The van der Waals surface area contributed by atoms with Crippen molar-refractivity contribution in [1.29, 1.82) is 0 Å². The predicted molar refractivity (Wildman–Crippen MR) is 72.6 cm³/mol. The summed E-state index contributed by atoms with van der Waals surface area (Å²) in [6, 6.07) is -0.351. The fraction of sp³-hybridized carbons (Fsp3) is 0.769. The lowest BCUT2D eigenvalue weighted by atomic mass is 10.0. The van der Waals surface area contributed by atoms with E-state index in [4.69, 9.17) is 14.2 Å². The third-order valence-electron chi connectivity index (χ3n) is 2.69. The van der Waals surface area contributed by atoms with Crippen LogP contribution in [0.2, 0.25) is 0 Å². The molecular formula is C13H22N2O5. The second-order valence-corrected chi connectivity index (χ2v) is 4.81. The maximum Gasteiger partial charge on any atom is 0.407 e. The Hall–Kier alpha value is -1.79. The second-order valence-electron chi connectivity index (χ2n) is 4.81. The zero-order valence-corrected chi connectivity index (χ0v) is 12.3. The summed E-state index contributed by atoms with van der Waals surface area (Å²) in [4.78, 5) is 26.5. The van der Waals surface area contributed by atoms with Crippen molar-refractivity contribution in [2.24, 2.45) is 10.9 Å². The van der Waals surface area contributed by atoms with Gasteiger partial charge in [-0.05, 0) is 12.8 Å². The van der Waals surface area contributed by atoms with E-state index in [9.17, 15) is 9.59 Å². The van der Waals surface area contributed by atoms with E-state index < -0.39 is 6.09 Å². The van der Waals surface area contributed by atoms with Gasteiger partial charge < -0.3 is 19.5 Å². The van der Waals surface area contributed by atoms with E-state index in [-0.39, 0.29) is 30.6 Å². The number of carbonyl (C=O) groups is 2. The van der Waals surface area contributed by atoms with Gasteiger partial charge in [0.15, 0.2) is 6.10 Å². The maximum absolute atomic E-state index is 11.5. The molecule has 0 saturated heterocycles. The number of hydrogen-bond donors (Lipinski definition) is 1. The molecule has 0 aliphatic carbocycles. The van der Waals surface area contributed by atoms with Crippen molar-refractivity contribution in [1.82, 2.24) is 5.32 Å². The SMILES string of the molecule is CCOC(=O)N[C@H](C1=NCC(COC(C)=O)O1)C(C)C. The molecule has 0 aromatic rings. The third-order valence-corrected chi connectivity index (χ3v) is 2.69. The van der Waals surface area contributed by atoms with E-state index in [2.05, 4.69) is 10.3 Å². The smallest absolute Gasteiger partial charge is 0.407 e. The average molecular weight is 286 g/mol. The van der Waals surface area contributed by atoms with Crippen molar-refractivity contribution in [3.63, 3.8) is 0 Å². The number of nitrogens with zero attached hydrogens (tertiary/aromatic N) is 1. The van der Waals surface area contributed by atoms with Crippen LogP contribution in [0.1, 0.15) is 27.7 Å². The van der Waals surface area contributed by atoms with E-state index in [1.165, 1.54) is 6.92 Å². The lowest BCUT2D eigenvalue weighted by Crippen LogP contribution is -2.45. The molecule has 20 heavy (non-hydrogen) atoms. The summed E-state index contributed by atoms with van der Waals surface area (Å²) >= 11 is 0. The first-order valence-electron chi connectivity index (χ1n) is 6.71. The van der Waals surface area contributed by atoms with Crippen molar-refractivity contribution in [3.05, 3.63) is 0 Å². The van der Waals surface area contributed by atoms with Crippen molar-refractivity contribution >= 4 is 18.0 Å². The molecule has 0 aromatic carbocycles. The van der Waals surface area contributed by atoms with Gasteiger partial charge in [0.2, 0.25) is 5.90 Å². The fourth-order valence-corrected chi connectivity index (χ4v) is 1.72. The molecule has 7 nitrogen and oxygen atoms in total. The molecule has 0 aromatic heterocycles. The summed E-state index contributed by atoms with van der Waals surface area (Å²) in [6.07, 6.45) is -0.792. The first-order chi connectivity index (χ1) is 9.43. The van der Waals surface area contributed by atoms with Crippen molar-refractivity contribution in [3.8, 4) is 0 Å². The summed E-state index contributed by atoms with van der Waals surface area (Å²) in [6.45, 7) is 7.85. The zero-order chi connectivity index (χ0) is 15.1. The molecule has 0 radical (unpaired) electrons. The molecule has 1 aliphatic rings. The molecule has 1 unspecified atom stereocenters. The predicted octanol–water partition coefficient (Wildman–Crippen LogP) is 1.12. The van der Waals surface area contributed by atoms with E-state index in [0.717, 1.165) is 0 Å². The minimum absolute atomic E-state index is 0.102. The Balaban J connectivity index is 2.52. The van der Waals surface area contributed by atoms with Crippen molar-refractivity contribution in [2.75, 3.05) is 19.8 Å². The van der Waals surface area contributed by atoms with Gasteiger partial charge in [-0.1, -0.05) is 13.8 Å². The van der Waals surface area contributed by atoms with E-state index in [0.29, 0.717) is 19.0 Å². The van der Waals surface area contributed by atoms with Gasteiger partial charge in [0.05, 0.1) is 13.2 Å². The normalized spacial score (nSPS) is 19.1. The Morgan fingerprint density at radius 3 is 2.70 bits per heavy atom. The quantitative estimate of drug-likeness (QED) is 0.739. The minimum atomic E-state index is -0.499.